The Hall–Kier alpha value is -2.15. The SMILES string of the molecule is C[C@@H]1CN=C2C(N3CCN(C(=O)Cc4ccsc4)CC3)=NC=CN21. The number of fused-ring (bicyclic) bond motifs is 1. The summed E-state index contributed by atoms with van der Waals surface area (Å²) < 4.78 is 0. The molecule has 0 aliphatic carbocycles. The highest BCUT2D eigenvalue weighted by Gasteiger charge is 2.32. The van der Waals surface area contributed by atoms with Crippen LogP contribution in [0, 0.1) is 0 Å². The van der Waals surface area contributed by atoms with Crippen molar-refractivity contribution in [3.63, 3.8) is 0 Å². The van der Waals surface area contributed by atoms with Gasteiger partial charge in [0.2, 0.25) is 5.91 Å². The highest BCUT2D eigenvalue weighted by atomic mass is 32.1. The van der Waals surface area contributed by atoms with Crippen LogP contribution in [-0.2, 0) is 11.2 Å². The molecule has 1 aromatic heterocycles. The first-order valence-corrected chi connectivity index (χ1v) is 9.28. The van der Waals surface area contributed by atoms with E-state index < -0.39 is 0 Å². The summed E-state index contributed by atoms with van der Waals surface area (Å²) >= 11 is 1.64. The lowest BCUT2D eigenvalue weighted by molar-refractivity contribution is -0.131. The molecule has 0 unspecified atom stereocenters. The molecule has 6 nitrogen and oxygen atoms in total. The normalized spacial score (nSPS) is 23.2. The van der Waals surface area contributed by atoms with E-state index in [9.17, 15) is 4.79 Å². The van der Waals surface area contributed by atoms with Crippen LogP contribution in [0.5, 0.6) is 0 Å². The van der Waals surface area contributed by atoms with Crippen LogP contribution in [0.15, 0.2) is 39.2 Å². The molecule has 126 valence electrons. The summed E-state index contributed by atoms with van der Waals surface area (Å²) in [6.45, 7) is 6.10. The maximum atomic E-state index is 12.4. The van der Waals surface area contributed by atoms with Crippen LogP contribution in [0.3, 0.4) is 0 Å². The summed E-state index contributed by atoms with van der Waals surface area (Å²) in [7, 11) is 0. The van der Waals surface area contributed by atoms with E-state index in [2.05, 4.69) is 26.7 Å². The van der Waals surface area contributed by atoms with Crippen LogP contribution in [-0.4, -0.2) is 71.0 Å². The molecule has 4 heterocycles. The van der Waals surface area contributed by atoms with Gasteiger partial charge < -0.3 is 14.7 Å². The standard InChI is InChI=1S/C17H21N5OS/c1-13-11-19-17-16(18-3-4-22(13)17)21-7-5-20(6-8-21)15(23)10-14-2-9-24-12-14/h2-4,9,12-13H,5-8,10-11H2,1H3/t13-/m1/s1. The molecular weight excluding hydrogens is 322 g/mol. The van der Waals surface area contributed by atoms with Gasteiger partial charge in [-0.05, 0) is 29.3 Å². The van der Waals surface area contributed by atoms with Gasteiger partial charge in [-0.25, -0.2) is 4.99 Å². The molecule has 0 bridgehead atoms. The number of amides is 1. The molecule has 0 aromatic carbocycles. The lowest BCUT2D eigenvalue weighted by Gasteiger charge is -2.38. The number of carbonyl (C=O) groups is 1. The van der Waals surface area contributed by atoms with Crippen molar-refractivity contribution >= 4 is 28.9 Å². The van der Waals surface area contributed by atoms with Gasteiger partial charge in [0, 0.05) is 38.6 Å². The molecule has 0 N–H and O–H groups in total. The van der Waals surface area contributed by atoms with Crippen molar-refractivity contribution in [1.29, 1.82) is 0 Å². The maximum Gasteiger partial charge on any atom is 0.227 e. The Morgan fingerprint density at radius 2 is 2.12 bits per heavy atom. The van der Waals surface area contributed by atoms with Gasteiger partial charge in [-0.15, -0.1) is 0 Å². The fourth-order valence-corrected chi connectivity index (χ4v) is 3.97. The lowest BCUT2D eigenvalue weighted by Crippen LogP contribution is -2.54. The van der Waals surface area contributed by atoms with Crippen molar-refractivity contribution in [2.75, 3.05) is 32.7 Å². The Balaban J connectivity index is 1.37. The van der Waals surface area contributed by atoms with Crippen molar-refractivity contribution in [1.82, 2.24) is 14.7 Å². The highest BCUT2D eigenvalue weighted by molar-refractivity contribution is 7.08. The van der Waals surface area contributed by atoms with Gasteiger partial charge in [-0.2, -0.15) is 11.3 Å². The molecule has 24 heavy (non-hydrogen) atoms. The van der Waals surface area contributed by atoms with Gasteiger partial charge in [0.1, 0.15) is 0 Å². The molecule has 1 atom stereocenters. The number of thiophene rings is 1. The molecule has 1 amide bonds. The topological polar surface area (TPSA) is 51.5 Å². The Labute approximate surface area is 145 Å². The van der Waals surface area contributed by atoms with Crippen LogP contribution in [0.25, 0.3) is 0 Å². The van der Waals surface area contributed by atoms with Gasteiger partial charge in [0.25, 0.3) is 0 Å². The first-order chi connectivity index (χ1) is 11.7. The minimum atomic E-state index is 0.215. The number of piperazine rings is 1. The third-order valence-corrected chi connectivity index (χ3v) is 5.45. The number of hydrogen-bond acceptors (Lipinski definition) is 6. The molecule has 0 spiro atoms. The quantitative estimate of drug-likeness (QED) is 0.816. The summed E-state index contributed by atoms with van der Waals surface area (Å²) in [4.78, 5) is 28.0. The van der Waals surface area contributed by atoms with Crippen LogP contribution >= 0.6 is 11.3 Å². The van der Waals surface area contributed by atoms with E-state index in [4.69, 9.17) is 0 Å². The minimum Gasteiger partial charge on any atom is -0.350 e. The fraction of sp³-hybridized carbons (Fsp3) is 0.471. The second-order valence-electron chi connectivity index (χ2n) is 6.35. The number of hydrogen-bond donors (Lipinski definition) is 0. The van der Waals surface area contributed by atoms with E-state index in [1.165, 1.54) is 0 Å². The Bertz CT molecular complexity index is 701. The second-order valence-corrected chi connectivity index (χ2v) is 7.13. The average Bonchev–Trinajstić information content (AvgIpc) is 3.25. The zero-order valence-corrected chi connectivity index (χ0v) is 14.6. The second kappa shape index (κ2) is 6.39. The predicted octanol–water partition coefficient (Wildman–Crippen LogP) is 1.42. The van der Waals surface area contributed by atoms with Crippen LogP contribution in [0.4, 0.5) is 0 Å². The Morgan fingerprint density at radius 3 is 2.88 bits per heavy atom. The molecule has 1 aromatic rings. The van der Waals surface area contributed by atoms with E-state index >= 15 is 0 Å². The van der Waals surface area contributed by atoms with Crippen LogP contribution in [0.2, 0.25) is 0 Å². The lowest BCUT2D eigenvalue weighted by atomic mass is 10.2. The summed E-state index contributed by atoms with van der Waals surface area (Å²) in [6.07, 6.45) is 4.36. The first kappa shape index (κ1) is 15.4. The summed E-state index contributed by atoms with van der Waals surface area (Å²) in [5.41, 5.74) is 1.11. The van der Waals surface area contributed by atoms with Crippen molar-refractivity contribution in [2.24, 2.45) is 9.98 Å². The predicted molar refractivity (Wildman–Crippen MR) is 96.4 cm³/mol. The molecule has 1 saturated heterocycles. The summed E-state index contributed by atoms with van der Waals surface area (Å²) in [5, 5.41) is 4.07. The number of amidine groups is 2. The monoisotopic (exact) mass is 343 g/mol. The maximum absolute atomic E-state index is 12.4. The van der Waals surface area contributed by atoms with Gasteiger partial charge in [0.15, 0.2) is 11.7 Å². The van der Waals surface area contributed by atoms with Crippen molar-refractivity contribution < 1.29 is 4.79 Å². The number of rotatable bonds is 2. The van der Waals surface area contributed by atoms with E-state index in [1.54, 1.807) is 11.3 Å². The fourth-order valence-electron chi connectivity index (χ4n) is 3.30. The molecular formula is C17H21N5OS. The number of carbonyl (C=O) groups excluding carboxylic acids is 1. The van der Waals surface area contributed by atoms with Crippen LogP contribution in [0.1, 0.15) is 12.5 Å². The molecule has 1 fully saturated rings. The summed E-state index contributed by atoms with van der Waals surface area (Å²) in [6, 6.07) is 2.42. The molecule has 3 aliphatic heterocycles. The van der Waals surface area contributed by atoms with Crippen LogP contribution < -0.4 is 0 Å². The zero-order chi connectivity index (χ0) is 16.5. The number of nitrogens with zero attached hydrogens (tertiary/aromatic N) is 5. The number of aliphatic imine (C=N–C) groups is 2. The molecule has 3 aliphatic rings. The van der Waals surface area contributed by atoms with Crippen molar-refractivity contribution in [3.8, 4) is 0 Å². The smallest absolute Gasteiger partial charge is 0.227 e. The van der Waals surface area contributed by atoms with Crippen molar-refractivity contribution in [2.45, 2.75) is 19.4 Å². The van der Waals surface area contributed by atoms with E-state index in [-0.39, 0.29) is 5.91 Å². The van der Waals surface area contributed by atoms with Crippen molar-refractivity contribution in [3.05, 3.63) is 34.8 Å². The third-order valence-electron chi connectivity index (χ3n) is 4.72. The third kappa shape index (κ3) is 2.84. The Kier molecular flexibility index (Phi) is 4.10. The molecule has 7 heteroatoms. The zero-order valence-electron chi connectivity index (χ0n) is 13.8. The van der Waals surface area contributed by atoms with E-state index in [0.29, 0.717) is 12.5 Å². The minimum absolute atomic E-state index is 0.215. The molecule has 4 rings (SSSR count). The highest BCUT2D eigenvalue weighted by Crippen LogP contribution is 2.18. The van der Waals surface area contributed by atoms with Gasteiger partial charge >= 0.3 is 0 Å². The van der Waals surface area contributed by atoms with Gasteiger partial charge in [-0.1, -0.05) is 0 Å². The molecule has 0 saturated carbocycles. The first-order valence-electron chi connectivity index (χ1n) is 8.34. The van der Waals surface area contributed by atoms with Gasteiger partial charge in [0.05, 0.1) is 19.0 Å². The van der Waals surface area contributed by atoms with E-state index in [1.807, 2.05) is 34.1 Å². The average molecular weight is 343 g/mol. The van der Waals surface area contributed by atoms with Gasteiger partial charge in [-0.3, -0.25) is 9.79 Å². The van der Waals surface area contributed by atoms with E-state index in [0.717, 1.165) is 50.0 Å². The summed E-state index contributed by atoms with van der Waals surface area (Å²) in [5.74, 6) is 2.14. The molecule has 0 radical (unpaired) electrons. The Morgan fingerprint density at radius 1 is 1.29 bits per heavy atom. The largest absolute Gasteiger partial charge is 0.350 e.